The molecule has 0 aliphatic carbocycles. The molecule has 0 bridgehead atoms. The predicted molar refractivity (Wildman–Crippen MR) is 137 cm³/mol. The van der Waals surface area contributed by atoms with Crippen molar-refractivity contribution in [3.63, 3.8) is 0 Å². The van der Waals surface area contributed by atoms with Gasteiger partial charge in [-0.25, -0.2) is 9.78 Å². The molecule has 0 spiro atoms. The van der Waals surface area contributed by atoms with Gasteiger partial charge in [-0.05, 0) is 37.6 Å². The van der Waals surface area contributed by atoms with E-state index in [2.05, 4.69) is 5.32 Å². The number of hydrogen-bond acceptors (Lipinski definition) is 4. The highest BCUT2D eigenvalue weighted by molar-refractivity contribution is 6.44. The number of esters is 1. The molecule has 0 fully saturated rings. The van der Waals surface area contributed by atoms with Crippen LogP contribution in [-0.2, 0) is 9.53 Å². The van der Waals surface area contributed by atoms with Gasteiger partial charge in [0.1, 0.15) is 0 Å². The third kappa shape index (κ3) is 4.87. The minimum absolute atomic E-state index is 0.213. The Morgan fingerprint density at radius 2 is 1.56 bits per heavy atom. The maximum Gasteiger partial charge on any atom is 0.339 e. The standard InChI is InChI=1S/C26H19Cl3N2O3/c1-14-23(17-10-6-7-11-21(17)30-24(14)16-8-4-3-5-9-16)26(33)34-15(2)25(32)31-22-13-19(28)18(27)12-20(22)29/h3-13,15H,1-2H3,(H,31,32). The lowest BCUT2D eigenvalue weighted by atomic mass is 9.98. The Bertz CT molecular complexity index is 1410. The zero-order chi connectivity index (χ0) is 24.4. The van der Waals surface area contributed by atoms with Crippen molar-refractivity contribution in [2.24, 2.45) is 0 Å². The Morgan fingerprint density at radius 1 is 0.912 bits per heavy atom. The van der Waals surface area contributed by atoms with E-state index in [-0.39, 0.29) is 20.8 Å². The van der Waals surface area contributed by atoms with Crippen molar-refractivity contribution in [3.05, 3.63) is 92.9 Å². The fourth-order valence-corrected chi connectivity index (χ4v) is 4.17. The van der Waals surface area contributed by atoms with E-state index in [9.17, 15) is 9.59 Å². The quantitative estimate of drug-likeness (QED) is 0.224. The molecular formula is C26H19Cl3N2O3. The zero-order valence-electron chi connectivity index (χ0n) is 18.2. The van der Waals surface area contributed by atoms with Gasteiger partial charge in [-0.2, -0.15) is 0 Å². The number of para-hydroxylation sites is 1. The molecule has 34 heavy (non-hydrogen) atoms. The van der Waals surface area contributed by atoms with Gasteiger partial charge in [0.25, 0.3) is 5.91 Å². The molecule has 172 valence electrons. The van der Waals surface area contributed by atoms with Gasteiger partial charge in [-0.15, -0.1) is 0 Å². The zero-order valence-corrected chi connectivity index (χ0v) is 20.5. The monoisotopic (exact) mass is 512 g/mol. The maximum absolute atomic E-state index is 13.3. The first-order valence-electron chi connectivity index (χ1n) is 10.4. The van der Waals surface area contributed by atoms with Crippen LogP contribution in [0, 0.1) is 6.92 Å². The molecule has 1 unspecified atom stereocenters. The van der Waals surface area contributed by atoms with E-state index in [0.29, 0.717) is 27.7 Å². The number of anilines is 1. The molecule has 1 amide bonds. The van der Waals surface area contributed by atoms with Crippen molar-refractivity contribution in [1.82, 2.24) is 4.98 Å². The molecule has 4 rings (SSSR count). The van der Waals surface area contributed by atoms with E-state index >= 15 is 0 Å². The van der Waals surface area contributed by atoms with E-state index in [1.165, 1.54) is 19.1 Å². The summed E-state index contributed by atoms with van der Waals surface area (Å²) >= 11 is 18.1. The molecule has 1 heterocycles. The van der Waals surface area contributed by atoms with Crippen LogP contribution in [0.3, 0.4) is 0 Å². The predicted octanol–water partition coefficient (Wildman–Crippen LogP) is 7.35. The highest BCUT2D eigenvalue weighted by Crippen LogP contribution is 2.33. The average molecular weight is 514 g/mol. The summed E-state index contributed by atoms with van der Waals surface area (Å²) in [6.45, 7) is 3.30. The van der Waals surface area contributed by atoms with Crippen LogP contribution >= 0.6 is 34.8 Å². The van der Waals surface area contributed by atoms with E-state index in [4.69, 9.17) is 44.5 Å². The molecule has 1 aromatic heterocycles. The second-order valence-corrected chi connectivity index (χ2v) is 8.85. The molecule has 3 aromatic carbocycles. The first kappa shape index (κ1) is 24.0. The molecular weight excluding hydrogens is 495 g/mol. The fraction of sp³-hybridized carbons (Fsp3) is 0.115. The summed E-state index contributed by atoms with van der Waals surface area (Å²) < 4.78 is 5.56. The van der Waals surface area contributed by atoms with Crippen molar-refractivity contribution in [2.75, 3.05) is 5.32 Å². The Kier molecular flexibility index (Phi) is 7.08. The Hall–Kier alpha value is -3.12. The summed E-state index contributed by atoms with van der Waals surface area (Å²) in [5.41, 5.74) is 3.48. The molecule has 0 aliphatic rings. The van der Waals surface area contributed by atoms with Crippen LogP contribution in [0.1, 0.15) is 22.8 Å². The molecule has 5 nitrogen and oxygen atoms in total. The summed E-state index contributed by atoms with van der Waals surface area (Å²) in [6, 6.07) is 19.8. The molecule has 4 aromatic rings. The second kappa shape index (κ2) is 10.0. The van der Waals surface area contributed by atoms with Crippen LogP contribution in [0.5, 0.6) is 0 Å². The van der Waals surface area contributed by atoms with Crippen LogP contribution in [-0.4, -0.2) is 23.0 Å². The van der Waals surface area contributed by atoms with E-state index in [0.717, 1.165) is 5.56 Å². The van der Waals surface area contributed by atoms with Crippen LogP contribution in [0.15, 0.2) is 66.7 Å². The maximum atomic E-state index is 13.3. The lowest BCUT2D eigenvalue weighted by Crippen LogP contribution is -2.30. The van der Waals surface area contributed by atoms with Gasteiger partial charge in [0.2, 0.25) is 0 Å². The van der Waals surface area contributed by atoms with Gasteiger partial charge in [0, 0.05) is 10.9 Å². The van der Waals surface area contributed by atoms with Crippen LogP contribution in [0.25, 0.3) is 22.2 Å². The highest BCUT2D eigenvalue weighted by atomic mass is 35.5. The highest BCUT2D eigenvalue weighted by Gasteiger charge is 2.25. The van der Waals surface area contributed by atoms with Gasteiger partial charge < -0.3 is 10.1 Å². The molecule has 8 heteroatoms. The van der Waals surface area contributed by atoms with Crippen LogP contribution in [0.2, 0.25) is 15.1 Å². The number of rotatable bonds is 5. The minimum Gasteiger partial charge on any atom is -0.449 e. The van der Waals surface area contributed by atoms with Crippen molar-refractivity contribution < 1.29 is 14.3 Å². The number of nitrogens with one attached hydrogen (secondary N) is 1. The minimum atomic E-state index is -1.11. The lowest BCUT2D eigenvalue weighted by molar-refractivity contribution is -0.123. The van der Waals surface area contributed by atoms with Gasteiger partial charge in [0.15, 0.2) is 6.10 Å². The number of halogens is 3. The summed E-state index contributed by atoms with van der Waals surface area (Å²) in [5, 5.41) is 3.97. The molecule has 1 atom stereocenters. The molecule has 0 saturated heterocycles. The van der Waals surface area contributed by atoms with Crippen LogP contribution in [0.4, 0.5) is 5.69 Å². The van der Waals surface area contributed by atoms with E-state index in [1.54, 1.807) is 6.07 Å². The largest absolute Gasteiger partial charge is 0.449 e. The molecule has 1 N–H and O–H groups in total. The number of nitrogens with zero attached hydrogens (tertiary/aromatic N) is 1. The molecule has 0 aliphatic heterocycles. The van der Waals surface area contributed by atoms with Gasteiger partial charge >= 0.3 is 5.97 Å². The first-order chi connectivity index (χ1) is 16.3. The SMILES string of the molecule is Cc1c(-c2ccccc2)nc2ccccc2c1C(=O)OC(C)C(=O)Nc1cc(Cl)c(Cl)cc1Cl. The van der Waals surface area contributed by atoms with E-state index in [1.807, 2.05) is 55.5 Å². The number of aromatic nitrogens is 1. The van der Waals surface area contributed by atoms with Crippen molar-refractivity contribution in [1.29, 1.82) is 0 Å². The Morgan fingerprint density at radius 3 is 2.29 bits per heavy atom. The third-order valence-corrected chi connectivity index (χ3v) is 6.34. The Labute approximate surface area is 211 Å². The topological polar surface area (TPSA) is 68.3 Å². The summed E-state index contributed by atoms with van der Waals surface area (Å²) in [5.74, 6) is -1.19. The summed E-state index contributed by atoms with van der Waals surface area (Å²) in [4.78, 5) is 30.8. The van der Waals surface area contributed by atoms with Crippen molar-refractivity contribution in [3.8, 4) is 11.3 Å². The second-order valence-electron chi connectivity index (χ2n) is 7.63. The molecule has 0 saturated carbocycles. The summed E-state index contributed by atoms with van der Waals surface area (Å²) in [7, 11) is 0. The summed E-state index contributed by atoms with van der Waals surface area (Å²) in [6.07, 6.45) is -1.11. The smallest absolute Gasteiger partial charge is 0.339 e. The number of hydrogen-bond donors (Lipinski definition) is 1. The van der Waals surface area contributed by atoms with Gasteiger partial charge in [-0.3, -0.25) is 4.79 Å². The van der Waals surface area contributed by atoms with Gasteiger partial charge in [-0.1, -0.05) is 83.3 Å². The van der Waals surface area contributed by atoms with Crippen molar-refractivity contribution >= 4 is 63.3 Å². The number of carbonyl (C=O) groups excluding carboxylic acids is 2. The average Bonchev–Trinajstić information content (AvgIpc) is 2.82. The number of pyridine rings is 1. The fourth-order valence-electron chi connectivity index (χ4n) is 3.57. The number of carbonyl (C=O) groups is 2. The number of ether oxygens (including phenoxy) is 1. The third-order valence-electron chi connectivity index (χ3n) is 5.31. The number of benzene rings is 3. The number of fused-ring (bicyclic) bond motifs is 1. The van der Waals surface area contributed by atoms with Crippen LogP contribution < -0.4 is 5.32 Å². The van der Waals surface area contributed by atoms with Crippen molar-refractivity contribution in [2.45, 2.75) is 20.0 Å². The Balaban J connectivity index is 1.64. The normalized spacial score (nSPS) is 11.8. The molecule has 0 radical (unpaired) electrons. The van der Waals surface area contributed by atoms with E-state index < -0.39 is 18.0 Å². The lowest BCUT2D eigenvalue weighted by Gasteiger charge is -2.18. The van der Waals surface area contributed by atoms with Gasteiger partial charge in [0.05, 0.1) is 37.5 Å². The first-order valence-corrected chi connectivity index (χ1v) is 11.5. The number of amides is 1.